The number of hydrogen-bond donors (Lipinski definition) is 3. The number of nitrogens with zero attached hydrogens (tertiary/aromatic N) is 4. The van der Waals surface area contributed by atoms with Gasteiger partial charge in [0.05, 0.1) is 39.8 Å². The molecule has 0 radical (unpaired) electrons. The van der Waals surface area contributed by atoms with Crippen LogP contribution in [0.1, 0.15) is 0 Å². The summed E-state index contributed by atoms with van der Waals surface area (Å²) < 4.78 is 86.5. The molecule has 0 aliphatic carbocycles. The number of thiazole rings is 1. The van der Waals surface area contributed by atoms with Crippen LogP contribution >= 0.6 is 22.9 Å². The van der Waals surface area contributed by atoms with E-state index in [-0.39, 0.29) is 46.6 Å². The van der Waals surface area contributed by atoms with Gasteiger partial charge in [0.1, 0.15) is 16.6 Å². The molecule has 5 aromatic rings. The van der Waals surface area contributed by atoms with E-state index in [0.29, 0.717) is 10.9 Å². The molecule has 0 spiro atoms. The van der Waals surface area contributed by atoms with Crippen molar-refractivity contribution in [2.75, 3.05) is 23.2 Å². The van der Waals surface area contributed by atoms with Crippen molar-refractivity contribution in [3.63, 3.8) is 0 Å². The van der Waals surface area contributed by atoms with Crippen LogP contribution in [0.2, 0.25) is 5.02 Å². The van der Waals surface area contributed by atoms with Crippen LogP contribution in [0.15, 0.2) is 66.0 Å². The number of aromatic nitrogens is 4. The molecule has 3 heterocycles. The van der Waals surface area contributed by atoms with Gasteiger partial charge in [0, 0.05) is 30.1 Å². The molecule has 16 heteroatoms. The van der Waals surface area contributed by atoms with Gasteiger partial charge >= 0.3 is 0 Å². The molecule has 0 unspecified atom stereocenters. The van der Waals surface area contributed by atoms with Gasteiger partial charge in [-0.25, -0.2) is 40.9 Å². The maximum atomic E-state index is 16.0. The predicted octanol–water partition coefficient (Wildman–Crippen LogP) is 5.74. The fourth-order valence-corrected chi connectivity index (χ4v) is 6.27. The number of hydrogen-bond acceptors (Lipinski definition) is 9. The van der Waals surface area contributed by atoms with Crippen LogP contribution in [0.25, 0.3) is 32.4 Å². The second kappa shape index (κ2) is 12.0. The first kappa shape index (κ1) is 29.3. The number of halogens is 5. The zero-order valence-corrected chi connectivity index (χ0v) is 23.3. The normalized spacial score (nSPS) is 11.5. The number of anilines is 2. The molecule has 0 atom stereocenters. The largest absolute Gasteiger partial charge is 0.395 e. The van der Waals surface area contributed by atoms with Crippen LogP contribution in [-0.2, 0) is 10.0 Å². The zero-order chi connectivity index (χ0) is 30.0. The molecule has 0 aliphatic rings. The third kappa shape index (κ3) is 5.90. The Morgan fingerprint density at radius 2 is 1.81 bits per heavy atom. The number of sulfonamides is 1. The van der Waals surface area contributed by atoms with E-state index in [9.17, 15) is 21.6 Å². The Morgan fingerprint density at radius 3 is 2.57 bits per heavy atom. The molecule has 0 saturated carbocycles. The lowest BCUT2D eigenvalue weighted by Crippen LogP contribution is -2.17. The number of aliphatic hydroxyl groups excluding tert-OH is 1. The van der Waals surface area contributed by atoms with E-state index in [2.05, 4.69) is 25.3 Å². The molecule has 0 fully saturated rings. The zero-order valence-electron chi connectivity index (χ0n) is 20.9. The Hall–Kier alpha value is -4.18. The fraction of sp³-hybridized carbons (Fsp3) is 0.0769. The first-order chi connectivity index (χ1) is 20.1. The molecule has 0 amide bonds. The summed E-state index contributed by atoms with van der Waals surface area (Å²) in [7, 11) is -4.98. The van der Waals surface area contributed by atoms with E-state index in [4.69, 9.17) is 16.7 Å². The monoisotopic (exact) mass is 636 g/mol. The molecule has 216 valence electrons. The lowest BCUT2D eigenvalue weighted by Gasteiger charge is -2.13. The van der Waals surface area contributed by atoms with Crippen molar-refractivity contribution in [1.29, 1.82) is 0 Å². The van der Waals surface area contributed by atoms with E-state index in [1.807, 2.05) is 4.72 Å². The van der Waals surface area contributed by atoms with Crippen molar-refractivity contribution in [3.8, 4) is 32.4 Å². The first-order valence-corrected chi connectivity index (χ1v) is 14.5. The smallest absolute Gasteiger partial charge is 0.267 e. The van der Waals surface area contributed by atoms with Crippen LogP contribution < -0.4 is 10.0 Å². The van der Waals surface area contributed by atoms with Crippen molar-refractivity contribution in [3.05, 3.63) is 89.3 Å². The Bertz CT molecular complexity index is 1910. The van der Waals surface area contributed by atoms with Crippen molar-refractivity contribution in [2.24, 2.45) is 0 Å². The van der Waals surface area contributed by atoms with Gasteiger partial charge in [0.25, 0.3) is 10.0 Å². The lowest BCUT2D eigenvalue weighted by molar-refractivity contribution is 0.311. The summed E-state index contributed by atoms with van der Waals surface area (Å²) in [4.78, 5) is 15.7. The number of pyridine rings is 1. The third-order valence-corrected chi connectivity index (χ3v) is 8.45. The first-order valence-electron chi connectivity index (χ1n) is 11.8. The van der Waals surface area contributed by atoms with E-state index < -0.39 is 48.9 Å². The second-order valence-corrected chi connectivity index (χ2v) is 11.5. The van der Waals surface area contributed by atoms with Crippen molar-refractivity contribution in [2.45, 2.75) is 4.90 Å². The molecule has 2 aromatic carbocycles. The van der Waals surface area contributed by atoms with E-state index >= 15 is 4.39 Å². The lowest BCUT2D eigenvalue weighted by atomic mass is 10.1. The van der Waals surface area contributed by atoms with Crippen molar-refractivity contribution < 1.29 is 31.1 Å². The minimum Gasteiger partial charge on any atom is -0.395 e. The number of aliphatic hydroxyl groups is 1. The number of nitrogens with one attached hydrogen (secondary N) is 2. The summed E-state index contributed by atoms with van der Waals surface area (Å²) >= 11 is 6.67. The highest BCUT2D eigenvalue weighted by molar-refractivity contribution is 7.92. The van der Waals surface area contributed by atoms with Crippen LogP contribution in [0.5, 0.6) is 0 Å². The molecule has 0 saturated heterocycles. The van der Waals surface area contributed by atoms with E-state index in [0.717, 1.165) is 29.7 Å². The number of benzene rings is 2. The summed E-state index contributed by atoms with van der Waals surface area (Å²) in [5.74, 6) is -4.56. The molecular formula is C26H17ClF4N6O3S2. The summed E-state index contributed by atoms with van der Waals surface area (Å²) in [6.07, 6.45) is 3.78. The van der Waals surface area contributed by atoms with Gasteiger partial charge in [-0.05, 0) is 36.4 Å². The summed E-state index contributed by atoms with van der Waals surface area (Å²) in [6, 6.07) is 7.89. The Morgan fingerprint density at radius 1 is 1.00 bits per heavy atom. The van der Waals surface area contributed by atoms with Crippen molar-refractivity contribution >= 4 is 44.6 Å². The van der Waals surface area contributed by atoms with Gasteiger partial charge < -0.3 is 10.4 Å². The summed E-state index contributed by atoms with van der Waals surface area (Å²) in [5, 5.41) is 11.5. The maximum absolute atomic E-state index is 16.0. The van der Waals surface area contributed by atoms with Gasteiger partial charge in [-0.1, -0.05) is 17.7 Å². The molecule has 3 aromatic heterocycles. The highest BCUT2D eigenvalue weighted by Crippen LogP contribution is 2.42. The molecular weight excluding hydrogens is 620 g/mol. The van der Waals surface area contributed by atoms with Gasteiger partial charge in [-0.2, -0.15) is 0 Å². The van der Waals surface area contributed by atoms with Gasteiger partial charge in [-0.3, -0.25) is 9.71 Å². The quantitative estimate of drug-likeness (QED) is 0.138. The average molecular weight is 637 g/mol. The minimum atomic E-state index is -4.98. The Labute approximate surface area is 245 Å². The molecule has 0 bridgehead atoms. The third-order valence-electron chi connectivity index (χ3n) is 5.63. The summed E-state index contributed by atoms with van der Waals surface area (Å²) in [5.41, 5.74) is -0.268. The Kier molecular flexibility index (Phi) is 8.36. The van der Waals surface area contributed by atoms with Crippen molar-refractivity contribution in [1.82, 2.24) is 19.9 Å². The average Bonchev–Trinajstić information content (AvgIpc) is 3.41. The van der Waals surface area contributed by atoms with E-state index in [1.54, 1.807) is 0 Å². The molecule has 0 aliphatic heterocycles. The summed E-state index contributed by atoms with van der Waals surface area (Å²) in [6.45, 7) is -0.0309. The maximum Gasteiger partial charge on any atom is 0.267 e. The van der Waals surface area contributed by atoms with E-state index in [1.165, 1.54) is 36.7 Å². The highest BCUT2D eigenvalue weighted by Gasteiger charge is 2.28. The van der Waals surface area contributed by atoms with Crippen LogP contribution in [-0.4, -0.2) is 46.6 Å². The van der Waals surface area contributed by atoms with Gasteiger partial charge in [-0.15, -0.1) is 11.3 Å². The van der Waals surface area contributed by atoms with Crippen LogP contribution in [0.4, 0.5) is 29.2 Å². The molecule has 42 heavy (non-hydrogen) atoms. The SMILES string of the molecule is O=S(=O)(Nc1cccc(-c2nc(-c3cncc(F)c3)sc2-c2ccnc(NCCO)n2)c1F)c1c(F)ccc(Cl)c1F. The highest BCUT2D eigenvalue weighted by atomic mass is 35.5. The molecule has 5 rings (SSSR count). The van der Waals surface area contributed by atoms with Crippen LogP contribution in [0, 0.1) is 23.3 Å². The predicted molar refractivity (Wildman–Crippen MR) is 149 cm³/mol. The standard InChI is InChI=1S/C26H17ClF4N6O3S2/c27-16-4-5-17(29)24(21(16)31)42(39,40)37-18-3-1-2-15(20(18)30)22-23(19-6-7-33-26(35-19)34-8-9-38)41-25(36-22)13-10-14(28)12-32-11-13/h1-7,10-12,37-38H,8-9H2,(H,33,34,35). The van der Waals surface area contributed by atoms with Crippen LogP contribution in [0.3, 0.4) is 0 Å². The Balaban J connectivity index is 1.64. The number of rotatable bonds is 9. The minimum absolute atomic E-state index is 0.00438. The second-order valence-electron chi connectivity index (χ2n) is 8.45. The molecule has 9 nitrogen and oxygen atoms in total. The molecule has 3 N–H and O–H groups in total. The van der Waals surface area contributed by atoms with Gasteiger partial charge in [0.2, 0.25) is 5.95 Å². The topological polar surface area (TPSA) is 130 Å². The van der Waals surface area contributed by atoms with Gasteiger partial charge in [0.15, 0.2) is 16.5 Å². The fourth-order valence-electron chi connectivity index (χ4n) is 3.81.